The summed E-state index contributed by atoms with van der Waals surface area (Å²) >= 11 is 1.89. The summed E-state index contributed by atoms with van der Waals surface area (Å²) in [6.45, 7) is 8.64. The minimum atomic E-state index is 0.276. The van der Waals surface area contributed by atoms with Crippen molar-refractivity contribution in [3.8, 4) is 0 Å². The molecule has 5 heteroatoms. The van der Waals surface area contributed by atoms with Crippen LogP contribution in [-0.4, -0.2) is 67.3 Å². The SMILES string of the molecule is CCCN1CCN(C(=O)CN2CCSc3ccccc32)CC1. The second kappa shape index (κ2) is 7.38. The van der Waals surface area contributed by atoms with Crippen molar-refractivity contribution in [2.24, 2.45) is 0 Å². The highest BCUT2D eigenvalue weighted by Gasteiger charge is 2.24. The Kier molecular flexibility index (Phi) is 5.26. The first-order valence-corrected chi connectivity index (χ1v) is 9.23. The summed E-state index contributed by atoms with van der Waals surface area (Å²) in [7, 11) is 0. The first kappa shape index (κ1) is 15.7. The lowest BCUT2D eigenvalue weighted by Gasteiger charge is -2.37. The quantitative estimate of drug-likeness (QED) is 0.850. The number of carbonyl (C=O) groups is 1. The number of para-hydroxylation sites is 1. The number of rotatable bonds is 4. The van der Waals surface area contributed by atoms with E-state index >= 15 is 0 Å². The molecule has 2 heterocycles. The average molecular weight is 319 g/mol. The third-order valence-corrected chi connectivity index (χ3v) is 5.46. The number of piperazine rings is 1. The number of nitrogens with zero attached hydrogens (tertiary/aromatic N) is 3. The molecule has 1 amide bonds. The van der Waals surface area contributed by atoms with Gasteiger partial charge in [0.25, 0.3) is 0 Å². The van der Waals surface area contributed by atoms with Gasteiger partial charge in [0.1, 0.15) is 0 Å². The molecule has 0 saturated carbocycles. The van der Waals surface area contributed by atoms with Gasteiger partial charge in [0, 0.05) is 43.4 Å². The van der Waals surface area contributed by atoms with Gasteiger partial charge in [-0.2, -0.15) is 0 Å². The highest BCUT2D eigenvalue weighted by molar-refractivity contribution is 7.99. The van der Waals surface area contributed by atoms with Crippen LogP contribution in [0.4, 0.5) is 5.69 Å². The van der Waals surface area contributed by atoms with E-state index in [1.165, 1.54) is 17.0 Å². The summed E-state index contributed by atoms with van der Waals surface area (Å²) in [6, 6.07) is 8.42. The van der Waals surface area contributed by atoms with Gasteiger partial charge < -0.3 is 9.80 Å². The number of thioether (sulfide) groups is 1. The maximum atomic E-state index is 12.6. The van der Waals surface area contributed by atoms with Crippen LogP contribution in [0.3, 0.4) is 0 Å². The Morgan fingerprint density at radius 1 is 1.14 bits per heavy atom. The van der Waals surface area contributed by atoms with E-state index in [2.05, 4.69) is 41.0 Å². The summed E-state index contributed by atoms with van der Waals surface area (Å²) in [5.74, 6) is 1.34. The lowest BCUT2D eigenvalue weighted by atomic mass is 10.2. The smallest absolute Gasteiger partial charge is 0.242 e. The summed E-state index contributed by atoms with van der Waals surface area (Å²) in [6.07, 6.45) is 1.19. The van der Waals surface area contributed by atoms with Crippen LogP contribution in [0, 0.1) is 0 Å². The molecule has 0 spiro atoms. The Morgan fingerprint density at radius 2 is 1.91 bits per heavy atom. The number of benzene rings is 1. The number of anilines is 1. The Bertz CT molecular complexity index is 514. The molecular weight excluding hydrogens is 294 g/mol. The van der Waals surface area contributed by atoms with Crippen LogP contribution in [-0.2, 0) is 4.79 Å². The van der Waals surface area contributed by atoms with E-state index in [9.17, 15) is 4.79 Å². The Labute approximate surface area is 137 Å². The molecule has 0 bridgehead atoms. The molecule has 2 aliphatic rings. The molecule has 0 atom stereocenters. The third-order valence-electron chi connectivity index (χ3n) is 4.42. The molecule has 2 aliphatic heterocycles. The van der Waals surface area contributed by atoms with E-state index < -0.39 is 0 Å². The highest BCUT2D eigenvalue weighted by atomic mass is 32.2. The van der Waals surface area contributed by atoms with Crippen molar-refractivity contribution in [2.75, 3.05) is 56.5 Å². The molecule has 22 heavy (non-hydrogen) atoms. The van der Waals surface area contributed by atoms with Crippen LogP contribution in [0.2, 0.25) is 0 Å². The molecule has 1 aromatic rings. The first-order valence-electron chi connectivity index (χ1n) is 8.25. The van der Waals surface area contributed by atoms with E-state index in [4.69, 9.17) is 0 Å². The van der Waals surface area contributed by atoms with Crippen molar-refractivity contribution in [2.45, 2.75) is 18.2 Å². The lowest BCUT2D eigenvalue weighted by Crippen LogP contribution is -2.51. The number of hydrogen-bond acceptors (Lipinski definition) is 4. The molecule has 3 rings (SSSR count). The zero-order valence-electron chi connectivity index (χ0n) is 13.3. The van der Waals surface area contributed by atoms with Crippen LogP contribution < -0.4 is 4.90 Å². The van der Waals surface area contributed by atoms with Crippen LogP contribution >= 0.6 is 11.8 Å². The lowest BCUT2D eigenvalue weighted by molar-refractivity contribution is -0.131. The van der Waals surface area contributed by atoms with Crippen molar-refractivity contribution in [3.05, 3.63) is 24.3 Å². The van der Waals surface area contributed by atoms with Gasteiger partial charge in [-0.3, -0.25) is 9.69 Å². The molecule has 0 radical (unpaired) electrons. The fraction of sp³-hybridized carbons (Fsp3) is 0.588. The zero-order chi connectivity index (χ0) is 15.4. The molecule has 1 saturated heterocycles. The van der Waals surface area contributed by atoms with Gasteiger partial charge in [-0.15, -0.1) is 11.8 Å². The van der Waals surface area contributed by atoms with E-state index in [1.807, 2.05) is 16.7 Å². The van der Waals surface area contributed by atoms with E-state index in [1.54, 1.807) is 0 Å². The second-order valence-electron chi connectivity index (χ2n) is 5.96. The first-order chi connectivity index (χ1) is 10.8. The molecule has 4 nitrogen and oxygen atoms in total. The molecule has 0 aromatic heterocycles. The largest absolute Gasteiger partial charge is 0.360 e. The predicted octanol–water partition coefficient (Wildman–Crippen LogP) is 2.15. The Hall–Kier alpha value is -1.20. The van der Waals surface area contributed by atoms with E-state index in [-0.39, 0.29) is 5.91 Å². The minimum absolute atomic E-state index is 0.276. The summed E-state index contributed by atoms with van der Waals surface area (Å²) < 4.78 is 0. The van der Waals surface area contributed by atoms with Crippen molar-refractivity contribution in [1.82, 2.24) is 9.80 Å². The van der Waals surface area contributed by atoms with Crippen LogP contribution in [0.25, 0.3) is 0 Å². The summed E-state index contributed by atoms with van der Waals surface area (Å²) in [4.78, 5) is 20.6. The molecule has 1 fully saturated rings. The molecule has 0 aliphatic carbocycles. The van der Waals surface area contributed by atoms with Crippen molar-refractivity contribution in [1.29, 1.82) is 0 Å². The fourth-order valence-corrected chi connectivity index (χ4v) is 4.24. The van der Waals surface area contributed by atoms with Gasteiger partial charge >= 0.3 is 0 Å². The number of hydrogen-bond donors (Lipinski definition) is 0. The fourth-order valence-electron chi connectivity index (χ4n) is 3.19. The van der Waals surface area contributed by atoms with Gasteiger partial charge in [0.2, 0.25) is 5.91 Å². The van der Waals surface area contributed by atoms with Crippen molar-refractivity contribution in [3.63, 3.8) is 0 Å². The normalized spacial score (nSPS) is 19.1. The molecular formula is C17H25N3OS. The van der Waals surface area contributed by atoms with Crippen molar-refractivity contribution >= 4 is 23.4 Å². The molecule has 0 N–H and O–H groups in total. The predicted molar refractivity (Wildman–Crippen MR) is 92.7 cm³/mol. The van der Waals surface area contributed by atoms with E-state index in [0.29, 0.717) is 6.54 Å². The summed E-state index contributed by atoms with van der Waals surface area (Å²) in [5, 5.41) is 0. The highest BCUT2D eigenvalue weighted by Crippen LogP contribution is 2.34. The standard InChI is InChI=1S/C17H25N3OS/c1-2-7-18-8-10-19(11-9-18)17(21)14-20-12-13-22-16-6-4-3-5-15(16)20/h3-6H,2,7-14H2,1H3. The number of carbonyl (C=O) groups excluding carboxylic acids is 1. The topological polar surface area (TPSA) is 26.8 Å². The van der Waals surface area contributed by atoms with Gasteiger partial charge in [-0.05, 0) is 25.1 Å². The molecule has 1 aromatic carbocycles. The molecule has 120 valence electrons. The Morgan fingerprint density at radius 3 is 2.68 bits per heavy atom. The Balaban J connectivity index is 1.57. The van der Waals surface area contributed by atoms with Crippen LogP contribution in [0.5, 0.6) is 0 Å². The number of fused-ring (bicyclic) bond motifs is 1. The van der Waals surface area contributed by atoms with Gasteiger partial charge in [0.05, 0.1) is 12.2 Å². The average Bonchev–Trinajstić information content (AvgIpc) is 2.56. The summed E-state index contributed by atoms with van der Waals surface area (Å²) in [5.41, 5.74) is 1.22. The van der Waals surface area contributed by atoms with Crippen LogP contribution in [0.1, 0.15) is 13.3 Å². The van der Waals surface area contributed by atoms with Gasteiger partial charge in [-0.1, -0.05) is 19.1 Å². The molecule has 0 unspecified atom stereocenters. The van der Waals surface area contributed by atoms with Crippen molar-refractivity contribution < 1.29 is 4.79 Å². The number of amides is 1. The third kappa shape index (κ3) is 3.58. The van der Waals surface area contributed by atoms with Crippen LogP contribution in [0.15, 0.2) is 29.2 Å². The zero-order valence-corrected chi connectivity index (χ0v) is 14.1. The maximum absolute atomic E-state index is 12.6. The van der Waals surface area contributed by atoms with Gasteiger partial charge in [0.15, 0.2) is 0 Å². The second-order valence-corrected chi connectivity index (χ2v) is 7.10. The van der Waals surface area contributed by atoms with E-state index in [0.717, 1.165) is 45.0 Å². The maximum Gasteiger partial charge on any atom is 0.242 e. The van der Waals surface area contributed by atoms with Gasteiger partial charge in [-0.25, -0.2) is 0 Å². The monoisotopic (exact) mass is 319 g/mol. The minimum Gasteiger partial charge on any atom is -0.360 e.